The lowest BCUT2D eigenvalue weighted by Crippen LogP contribution is -2.37. The van der Waals surface area contributed by atoms with E-state index in [2.05, 4.69) is 22.9 Å². The summed E-state index contributed by atoms with van der Waals surface area (Å²) in [6, 6.07) is 16.8. The van der Waals surface area contributed by atoms with E-state index in [-0.39, 0.29) is 6.03 Å². The first kappa shape index (κ1) is 24.6. The van der Waals surface area contributed by atoms with E-state index in [1.54, 1.807) is 31.4 Å². The van der Waals surface area contributed by atoms with Crippen molar-refractivity contribution in [3.63, 3.8) is 0 Å². The number of para-hydroxylation sites is 2. The number of hydrogen-bond donors (Lipinski definition) is 1. The monoisotopic (exact) mass is 496 g/mol. The molecule has 2 aliphatic rings. The van der Waals surface area contributed by atoms with Crippen LogP contribution in [-0.2, 0) is 19.5 Å². The van der Waals surface area contributed by atoms with Crippen LogP contribution in [0.3, 0.4) is 0 Å². The first-order chi connectivity index (χ1) is 18.1. The van der Waals surface area contributed by atoms with Crippen LogP contribution in [0.25, 0.3) is 5.69 Å². The number of hydrogen-bond acceptors (Lipinski definition) is 5. The Hall–Kier alpha value is -4.09. The largest absolute Gasteiger partial charge is 0.494 e. The molecule has 8 nitrogen and oxygen atoms in total. The van der Waals surface area contributed by atoms with Crippen LogP contribution in [0.5, 0.6) is 5.75 Å². The van der Waals surface area contributed by atoms with Crippen LogP contribution in [0.1, 0.15) is 35.4 Å². The number of urea groups is 1. The molecule has 37 heavy (non-hydrogen) atoms. The lowest BCUT2D eigenvalue weighted by atomic mass is 10.0. The highest BCUT2D eigenvalue weighted by Crippen LogP contribution is 2.33. The number of nitrogens with one attached hydrogen (secondary N) is 1. The minimum Gasteiger partial charge on any atom is -0.494 e. The Bertz CT molecular complexity index is 1340. The SMILES string of the molecule is C=CCN1CCc2c(c(CN(CC3CC3)C(=O)Nc3cccc(C#N)c3)nn2-c2ccccc2OC)C1. The highest BCUT2D eigenvalue weighted by molar-refractivity contribution is 5.89. The molecule has 1 N–H and O–H groups in total. The van der Waals surface area contributed by atoms with Crippen molar-refractivity contribution in [2.45, 2.75) is 32.4 Å². The Balaban J connectivity index is 1.48. The number of aromatic nitrogens is 2. The van der Waals surface area contributed by atoms with E-state index in [4.69, 9.17) is 9.84 Å². The minimum absolute atomic E-state index is 0.179. The average Bonchev–Trinajstić information content (AvgIpc) is 3.68. The molecule has 1 aliphatic carbocycles. The third-order valence-corrected chi connectivity index (χ3v) is 6.97. The summed E-state index contributed by atoms with van der Waals surface area (Å²) >= 11 is 0. The van der Waals surface area contributed by atoms with Gasteiger partial charge in [0.2, 0.25) is 0 Å². The summed E-state index contributed by atoms with van der Waals surface area (Å²) in [5.74, 6) is 1.28. The summed E-state index contributed by atoms with van der Waals surface area (Å²) in [4.78, 5) is 17.7. The summed E-state index contributed by atoms with van der Waals surface area (Å²) in [7, 11) is 1.67. The van der Waals surface area contributed by atoms with Crippen LogP contribution in [0.4, 0.5) is 10.5 Å². The predicted molar refractivity (Wildman–Crippen MR) is 143 cm³/mol. The van der Waals surface area contributed by atoms with Crippen molar-refractivity contribution in [3.05, 3.63) is 83.7 Å². The summed E-state index contributed by atoms with van der Waals surface area (Å²) in [5, 5.41) is 17.3. The van der Waals surface area contributed by atoms with E-state index in [0.717, 1.165) is 61.7 Å². The van der Waals surface area contributed by atoms with Crippen molar-refractivity contribution in [1.82, 2.24) is 19.6 Å². The van der Waals surface area contributed by atoms with Gasteiger partial charge in [-0.2, -0.15) is 10.4 Å². The van der Waals surface area contributed by atoms with Crippen molar-refractivity contribution in [2.75, 3.05) is 32.1 Å². The molecule has 0 saturated heterocycles. The second kappa shape index (κ2) is 10.9. The summed E-state index contributed by atoms with van der Waals surface area (Å²) in [6.07, 6.45) is 5.05. The Morgan fingerprint density at radius 2 is 2.14 bits per heavy atom. The van der Waals surface area contributed by atoms with Crippen molar-refractivity contribution in [2.24, 2.45) is 5.92 Å². The van der Waals surface area contributed by atoms with Crippen LogP contribution in [0.2, 0.25) is 0 Å². The zero-order valence-corrected chi connectivity index (χ0v) is 21.2. The fourth-order valence-electron chi connectivity index (χ4n) is 4.89. The molecule has 3 aromatic rings. The summed E-state index contributed by atoms with van der Waals surface area (Å²) in [6.45, 7) is 7.48. The van der Waals surface area contributed by atoms with Gasteiger partial charge in [-0.05, 0) is 49.1 Å². The van der Waals surface area contributed by atoms with E-state index in [0.29, 0.717) is 30.3 Å². The molecule has 5 rings (SSSR count). The molecule has 1 aliphatic heterocycles. The molecule has 0 bridgehead atoms. The van der Waals surface area contributed by atoms with Gasteiger partial charge in [-0.25, -0.2) is 9.48 Å². The highest BCUT2D eigenvalue weighted by Gasteiger charge is 2.31. The van der Waals surface area contributed by atoms with Gasteiger partial charge in [-0.1, -0.05) is 24.3 Å². The first-order valence-corrected chi connectivity index (χ1v) is 12.7. The molecule has 1 saturated carbocycles. The third kappa shape index (κ3) is 5.52. The summed E-state index contributed by atoms with van der Waals surface area (Å²) < 4.78 is 7.64. The standard InChI is InChI=1S/C29H32N6O2/c1-3-14-33-15-13-26-24(19-33)25(32-35(26)27-9-4-5-10-28(27)37-2)20-34(18-21-11-12-21)29(36)31-23-8-6-7-22(16-23)17-30/h3-10,16,21H,1,11-15,18-20H2,2H3,(H,31,36). The number of nitrogens with zero attached hydrogens (tertiary/aromatic N) is 5. The second-order valence-electron chi connectivity index (χ2n) is 9.68. The zero-order valence-electron chi connectivity index (χ0n) is 21.2. The molecule has 2 amide bonds. The molecule has 1 aromatic heterocycles. The number of rotatable bonds is 9. The number of carbonyl (C=O) groups excluding carboxylic acids is 1. The number of fused-ring (bicyclic) bond motifs is 1. The van der Waals surface area contributed by atoms with Crippen LogP contribution >= 0.6 is 0 Å². The van der Waals surface area contributed by atoms with Crippen molar-refractivity contribution >= 4 is 11.7 Å². The second-order valence-corrected chi connectivity index (χ2v) is 9.68. The van der Waals surface area contributed by atoms with E-state index in [1.807, 2.05) is 39.9 Å². The Kier molecular flexibility index (Phi) is 7.24. The maximum atomic E-state index is 13.4. The van der Waals surface area contributed by atoms with Crippen LogP contribution < -0.4 is 10.1 Å². The van der Waals surface area contributed by atoms with Crippen LogP contribution in [0, 0.1) is 17.2 Å². The molecule has 2 aromatic carbocycles. The fourth-order valence-corrected chi connectivity index (χ4v) is 4.89. The van der Waals surface area contributed by atoms with Gasteiger partial charge in [0, 0.05) is 43.9 Å². The summed E-state index contributed by atoms with van der Waals surface area (Å²) in [5.41, 5.74) is 5.25. The maximum absolute atomic E-state index is 13.4. The minimum atomic E-state index is -0.179. The quantitative estimate of drug-likeness (QED) is 0.433. The normalized spacial score (nSPS) is 14.9. The van der Waals surface area contributed by atoms with Gasteiger partial charge in [0.05, 0.1) is 36.7 Å². The average molecular weight is 497 g/mol. The number of benzene rings is 2. The van der Waals surface area contributed by atoms with Gasteiger partial charge < -0.3 is 15.0 Å². The van der Waals surface area contributed by atoms with Gasteiger partial charge >= 0.3 is 6.03 Å². The predicted octanol–water partition coefficient (Wildman–Crippen LogP) is 4.74. The lowest BCUT2D eigenvalue weighted by Gasteiger charge is -2.28. The first-order valence-electron chi connectivity index (χ1n) is 12.7. The molecule has 8 heteroatoms. The number of carbonyl (C=O) groups is 1. The number of amides is 2. The number of anilines is 1. The van der Waals surface area contributed by atoms with Gasteiger partial charge in [0.25, 0.3) is 0 Å². The molecule has 0 atom stereocenters. The molecular formula is C29H32N6O2. The third-order valence-electron chi connectivity index (χ3n) is 6.97. The zero-order chi connectivity index (χ0) is 25.8. The van der Waals surface area contributed by atoms with Gasteiger partial charge in [0.1, 0.15) is 11.4 Å². The maximum Gasteiger partial charge on any atom is 0.322 e. The molecule has 0 unspecified atom stereocenters. The van der Waals surface area contributed by atoms with Crippen molar-refractivity contribution in [3.8, 4) is 17.5 Å². The molecule has 190 valence electrons. The number of ether oxygens (including phenoxy) is 1. The molecular weight excluding hydrogens is 464 g/mol. The van der Waals surface area contributed by atoms with Crippen molar-refractivity contribution < 1.29 is 9.53 Å². The van der Waals surface area contributed by atoms with Gasteiger partial charge in [-0.15, -0.1) is 6.58 Å². The van der Waals surface area contributed by atoms with E-state index in [9.17, 15) is 10.1 Å². The smallest absolute Gasteiger partial charge is 0.322 e. The Morgan fingerprint density at radius 1 is 1.30 bits per heavy atom. The fraction of sp³-hybridized carbons (Fsp3) is 0.345. The lowest BCUT2D eigenvalue weighted by molar-refractivity contribution is 0.205. The van der Waals surface area contributed by atoms with Crippen LogP contribution in [-0.4, -0.2) is 52.4 Å². The van der Waals surface area contributed by atoms with Gasteiger partial charge in [-0.3, -0.25) is 4.90 Å². The number of nitriles is 1. The van der Waals surface area contributed by atoms with Gasteiger partial charge in [0.15, 0.2) is 0 Å². The topological polar surface area (TPSA) is 86.4 Å². The van der Waals surface area contributed by atoms with E-state index in [1.165, 1.54) is 5.56 Å². The molecule has 0 spiro atoms. The molecule has 0 radical (unpaired) electrons. The number of methoxy groups -OCH3 is 1. The highest BCUT2D eigenvalue weighted by atomic mass is 16.5. The molecule has 2 heterocycles. The Labute approximate surface area is 217 Å². The van der Waals surface area contributed by atoms with E-state index < -0.39 is 0 Å². The molecule has 1 fully saturated rings. The Morgan fingerprint density at radius 3 is 2.89 bits per heavy atom. The van der Waals surface area contributed by atoms with E-state index >= 15 is 0 Å². The van der Waals surface area contributed by atoms with Crippen molar-refractivity contribution in [1.29, 1.82) is 5.26 Å². The van der Waals surface area contributed by atoms with Crippen LogP contribution in [0.15, 0.2) is 61.2 Å².